The molecular weight excluding hydrogens is 326 g/mol. The van der Waals surface area contributed by atoms with Crippen LogP contribution in [0.5, 0.6) is 0 Å². The fourth-order valence-electron chi connectivity index (χ4n) is 3.06. The van der Waals surface area contributed by atoms with E-state index in [0.29, 0.717) is 0 Å². The highest BCUT2D eigenvalue weighted by atomic mass is 32.2. The van der Waals surface area contributed by atoms with Crippen LogP contribution in [0.2, 0.25) is 0 Å². The maximum absolute atomic E-state index is 12.3. The maximum atomic E-state index is 12.3. The van der Waals surface area contributed by atoms with Gasteiger partial charge in [-0.3, -0.25) is 19.2 Å². The van der Waals surface area contributed by atoms with Crippen molar-refractivity contribution in [3.05, 3.63) is 0 Å². The number of rotatable bonds is 6. The first-order chi connectivity index (χ1) is 10.6. The first kappa shape index (κ1) is 17.7. The summed E-state index contributed by atoms with van der Waals surface area (Å²) in [5.41, 5.74) is 0. The van der Waals surface area contributed by atoms with Crippen molar-refractivity contribution in [2.45, 2.75) is 49.5 Å². The zero-order valence-corrected chi connectivity index (χ0v) is 13.8. The van der Waals surface area contributed by atoms with E-state index in [-0.39, 0.29) is 18.1 Å². The Kier molecular flexibility index (Phi) is 4.72. The quantitative estimate of drug-likeness (QED) is 0.494. The van der Waals surface area contributed by atoms with E-state index in [1.54, 1.807) is 0 Å². The van der Waals surface area contributed by atoms with Crippen LogP contribution in [0.25, 0.3) is 0 Å². The third-order valence-corrected chi connectivity index (χ3v) is 5.93. The highest BCUT2D eigenvalue weighted by Crippen LogP contribution is 2.55. The van der Waals surface area contributed by atoms with Gasteiger partial charge in [-0.05, 0) is 13.8 Å². The highest BCUT2D eigenvalue weighted by Gasteiger charge is 2.68. The van der Waals surface area contributed by atoms with Gasteiger partial charge in [0, 0.05) is 13.3 Å². The Balaban J connectivity index is 2.38. The molecule has 4 unspecified atom stereocenters. The molecule has 2 N–H and O–H groups in total. The average molecular weight is 345 g/mol. The lowest BCUT2D eigenvalue weighted by molar-refractivity contribution is -0.163. The summed E-state index contributed by atoms with van der Waals surface area (Å²) in [6.45, 7) is 3.50. The Labute approximate surface area is 137 Å². The van der Waals surface area contributed by atoms with Gasteiger partial charge in [0.15, 0.2) is 4.75 Å². The Morgan fingerprint density at radius 2 is 2.00 bits per heavy atom. The molecular formula is C14H19NO7S. The van der Waals surface area contributed by atoms with E-state index in [4.69, 9.17) is 4.74 Å². The molecule has 5 atom stereocenters. The molecule has 0 aromatic carbocycles. The van der Waals surface area contributed by atoms with Crippen molar-refractivity contribution in [1.82, 2.24) is 4.90 Å². The summed E-state index contributed by atoms with van der Waals surface area (Å²) in [5, 5.41) is 18.9. The molecule has 2 rings (SSSR count). The maximum Gasteiger partial charge on any atom is 0.325 e. The van der Waals surface area contributed by atoms with Crippen LogP contribution in [0.15, 0.2) is 0 Å². The minimum Gasteiger partial charge on any atom is -0.480 e. The van der Waals surface area contributed by atoms with Crippen molar-refractivity contribution in [3.8, 4) is 0 Å². The summed E-state index contributed by atoms with van der Waals surface area (Å²) in [6, 6.07) is -0.908. The molecule has 0 radical (unpaired) electrons. The molecule has 8 nitrogen and oxygen atoms in total. The molecule has 2 heterocycles. The molecule has 9 heteroatoms. The van der Waals surface area contributed by atoms with Gasteiger partial charge in [-0.2, -0.15) is 0 Å². The number of ketones is 1. The number of aliphatic hydroxyl groups excluding tert-OH is 1. The summed E-state index contributed by atoms with van der Waals surface area (Å²) in [6.07, 6.45) is -1.07. The molecule has 2 aliphatic heterocycles. The second-order valence-corrected chi connectivity index (χ2v) is 7.36. The number of thioether (sulfide) groups is 1. The molecule has 1 amide bonds. The second kappa shape index (κ2) is 6.12. The van der Waals surface area contributed by atoms with Crippen molar-refractivity contribution in [2.75, 3.05) is 6.61 Å². The van der Waals surface area contributed by atoms with Gasteiger partial charge in [0.2, 0.25) is 5.91 Å². The number of nitrogens with zero attached hydrogens (tertiary/aromatic N) is 1. The summed E-state index contributed by atoms with van der Waals surface area (Å²) in [5.74, 6) is -3.25. The van der Waals surface area contributed by atoms with Crippen LogP contribution in [0.1, 0.15) is 27.2 Å². The summed E-state index contributed by atoms with van der Waals surface area (Å²) < 4.78 is 3.30. The molecule has 0 bridgehead atoms. The average Bonchev–Trinajstić information content (AvgIpc) is 2.66. The zero-order chi connectivity index (χ0) is 17.5. The van der Waals surface area contributed by atoms with Crippen molar-refractivity contribution in [2.24, 2.45) is 5.92 Å². The number of fused-ring (bicyclic) bond motifs is 1. The third-order valence-electron chi connectivity index (χ3n) is 4.18. The minimum absolute atomic E-state index is 0.144. The van der Waals surface area contributed by atoms with Gasteiger partial charge in [-0.25, -0.2) is 0 Å². The van der Waals surface area contributed by atoms with E-state index in [1.165, 1.54) is 18.7 Å². The number of aliphatic hydroxyl groups is 1. The van der Waals surface area contributed by atoms with E-state index in [9.17, 15) is 29.4 Å². The molecule has 23 heavy (non-hydrogen) atoms. The van der Waals surface area contributed by atoms with Crippen LogP contribution in [-0.4, -0.2) is 67.6 Å². The Hall–Kier alpha value is -1.61. The van der Waals surface area contributed by atoms with Crippen LogP contribution in [-0.2, 0) is 23.9 Å². The number of esters is 1. The van der Waals surface area contributed by atoms with Crippen molar-refractivity contribution < 1.29 is 34.1 Å². The number of carbonyl (C=O) groups is 4. The van der Waals surface area contributed by atoms with Gasteiger partial charge in [0.05, 0.1) is 23.4 Å². The number of hydrogen-bond donors (Lipinski definition) is 2. The number of carboxylic acid groups (broad SMARTS) is 1. The number of Topliss-reactive ketones (excluding diaryl/α,β-unsaturated/α-hetero) is 1. The number of ether oxygens (including phenoxy) is 1. The molecule has 128 valence electrons. The molecule has 2 saturated heterocycles. The predicted octanol–water partition coefficient (Wildman–Crippen LogP) is -0.367. The first-order valence-electron chi connectivity index (χ1n) is 7.16. The van der Waals surface area contributed by atoms with Gasteiger partial charge in [-0.1, -0.05) is 0 Å². The van der Waals surface area contributed by atoms with E-state index in [1.807, 2.05) is 0 Å². The zero-order valence-electron chi connectivity index (χ0n) is 13.0. The van der Waals surface area contributed by atoms with Gasteiger partial charge in [0.25, 0.3) is 0 Å². The molecule has 0 spiro atoms. The van der Waals surface area contributed by atoms with Crippen LogP contribution in [0, 0.1) is 5.92 Å². The number of carboxylic acids is 1. The van der Waals surface area contributed by atoms with E-state index < -0.39 is 46.7 Å². The number of aliphatic carboxylic acids is 1. The van der Waals surface area contributed by atoms with E-state index in [2.05, 4.69) is 0 Å². The lowest BCUT2D eigenvalue weighted by Crippen LogP contribution is -2.64. The Morgan fingerprint density at radius 1 is 1.39 bits per heavy atom. The van der Waals surface area contributed by atoms with Gasteiger partial charge in [0.1, 0.15) is 12.4 Å². The molecule has 0 aromatic heterocycles. The van der Waals surface area contributed by atoms with Gasteiger partial charge in [-0.15, -0.1) is 11.8 Å². The Morgan fingerprint density at radius 3 is 2.43 bits per heavy atom. The van der Waals surface area contributed by atoms with Crippen LogP contribution in [0.4, 0.5) is 0 Å². The van der Waals surface area contributed by atoms with E-state index in [0.717, 1.165) is 18.7 Å². The first-order valence-corrected chi connectivity index (χ1v) is 8.04. The number of amides is 1. The molecule has 2 aliphatic rings. The standard InChI is InChI=1S/C14H19NO7S/c1-6(16)4-9-14(13(20)21,5-22-8(3)18)23-12-10(7(2)17)11(19)15(9)12/h7,9-10,12,17H,4-5H2,1-3H3,(H,20,21)/t7?,9?,10?,12-,14?/m1/s1. The van der Waals surface area contributed by atoms with Crippen LogP contribution >= 0.6 is 11.8 Å². The second-order valence-electron chi connectivity index (χ2n) is 5.92. The largest absolute Gasteiger partial charge is 0.480 e. The predicted molar refractivity (Wildman–Crippen MR) is 79.5 cm³/mol. The number of hydrogen-bond acceptors (Lipinski definition) is 7. The molecule has 0 saturated carbocycles. The minimum atomic E-state index is -1.61. The summed E-state index contributed by atoms with van der Waals surface area (Å²) >= 11 is 0.964. The number of β-lactam (4-membered cyclic amide) rings is 1. The van der Waals surface area contributed by atoms with Crippen molar-refractivity contribution >= 4 is 35.4 Å². The lowest BCUT2D eigenvalue weighted by Gasteiger charge is -2.45. The molecule has 2 fully saturated rings. The highest BCUT2D eigenvalue weighted by molar-refractivity contribution is 8.02. The van der Waals surface area contributed by atoms with Gasteiger partial charge < -0.3 is 19.8 Å². The monoisotopic (exact) mass is 345 g/mol. The van der Waals surface area contributed by atoms with Crippen molar-refractivity contribution in [3.63, 3.8) is 0 Å². The van der Waals surface area contributed by atoms with Crippen molar-refractivity contribution in [1.29, 1.82) is 0 Å². The summed E-state index contributed by atoms with van der Waals surface area (Å²) in [4.78, 5) is 48.2. The van der Waals surface area contributed by atoms with Crippen LogP contribution in [0.3, 0.4) is 0 Å². The fraction of sp³-hybridized carbons (Fsp3) is 0.714. The molecule has 0 aromatic rings. The molecule has 0 aliphatic carbocycles. The topological polar surface area (TPSA) is 121 Å². The lowest BCUT2D eigenvalue weighted by atomic mass is 9.85. The van der Waals surface area contributed by atoms with E-state index >= 15 is 0 Å². The smallest absolute Gasteiger partial charge is 0.325 e. The normalized spacial score (nSPS) is 33.7. The Bertz CT molecular complexity index is 563. The van der Waals surface area contributed by atoms with Crippen LogP contribution < -0.4 is 0 Å². The SMILES string of the molecule is CC(=O)CC1N2C(=O)C(C(C)O)[C@H]2SC1(COC(C)=O)C(=O)O. The number of carbonyl (C=O) groups excluding carboxylic acids is 3. The summed E-state index contributed by atoms with van der Waals surface area (Å²) in [7, 11) is 0. The fourth-order valence-corrected chi connectivity index (χ4v) is 4.93. The third kappa shape index (κ3) is 2.83. The van der Waals surface area contributed by atoms with Gasteiger partial charge >= 0.3 is 11.9 Å².